The second-order valence-corrected chi connectivity index (χ2v) is 5.49. The zero-order valence-electron chi connectivity index (χ0n) is 11.3. The molecule has 18 heavy (non-hydrogen) atoms. The highest BCUT2D eigenvalue weighted by Gasteiger charge is 2.26. The molecule has 8 heteroatoms. The van der Waals surface area contributed by atoms with Gasteiger partial charge in [0.2, 0.25) is 0 Å². The molecule has 0 aliphatic heterocycles. The lowest BCUT2D eigenvalue weighted by Crippen LogP contribution is -2.33. The van der Waals surface area contributed by atoms with Gasteiger partial charge in [-0.05, 0) is 33.2 Å². The first kappa shape index (κ1) is 17.1. The molecule has 0 amide bonds. The van der Waals surface area contributed by atoms with Crippen molar-refractivity contribution in [3.63, 3.8) is 0 Å². The predicted molar refractivity (Wildman–Crippen MR) is 70.3 cm³/mol. The third-order valence-electron chi connectivity index (χ3n) is 1.95. The minimum absolute atomic E-state index is 0.0648. The highest BCUT2D eigenvalue weighted by atomic mass is 31.2. The molecule has 1 atom stereocenters. The third kappa shape index (κ3) is 6.75. The number of azide groups is 1. The molecule has 0 bridgehead atoms. The van der Waals surface area contributed by atoms with E-state index in [0.717, 1.165) is 0 Å². The number of nitrogens with zero attached hydrogens (tertiary/aromatic N) is 5. The average molecular weight is 273 g/mol. The maximum atomic E-state index is 8.51. The fourth-order valence-electron chi connectivity index (χ4n) is 1.41. The minimum atomic E-state index is -1.31. The van der Waals surface area contributed by atoms with E-state index in [9.17, 15) is 0 Å². The molecule has 0 aliphatic carbocycles. The maximum absolute atomic E-state index is 8.51. The standard InChI is InChI=1S/C10H20N5O2P/c1-9(2)15(10(3)4)18(16-7-5-6-11)17-8-13-14-12/h9-10H,5,7-8H2,1-4H3. The summed E-state index contributed by atoms with van der Waals surface area (Å²) >= 11 is 0. The van der Waals surface area contributed by atoms with Crippen LogP contribution in [0.4, 0.5) is 0 Å². The van der Waals surface area contributed by atoms with Crippen molar-refractivity contribution in [2.75, 3.05) is 13.3 Å². The number of rotatable bonds is 9. The Morgan fingerprint density at radius 3 is 2.39 bits per heavy atom. The minimum Gasteiger partial charge on any atom is -0.321 e. The molecule has 0 aromatic rings. The quantitative estimate of drug-likeness (QED) is 0.211. The summed E-state index contributed by atoms with van der Waals surface area (Å²) < 4.78 is 13.1. The van der Waals surface area contributed by atoms with Crippen molar-refractivity contribution in [3.8, 4) is 6.07 Å². The van der Waals surface area contributed by atoms with E-state index in [-0.39, 0.29) is 18.8 Å². The highest BCUT2D eigenvalue weighted by molar-refractivity contribution is 7.44. The van der Waals surface area contributed by atoms with E-state index < -0.39 is 8.53 Å². The largest absolute Gasteiger partial charge is 0.321 e. The zero-order chi connectivity index (χ0) is 14.0. The molecule has 0 aromatic heterocycles. The van der Waals surface area contributed by atoms with Gasteiger partial charge in [-0.25, -0.2) is 4.67 Å². The van der Waals surface area contributed by atoms with Gasteiger partial charge in [-0.3, -0.25) is 0 Å². The molecule has 0 radical (unpaired) electrons. The van der Waals surface area contributed by atoms with Crippen molar-refractivity contribution in [3.05, 3.63) is 10.4 Å². The number of nitriles is 1. The average Bonchev–Trinajstić information content (AvgIpc) is 2.28. The first-order valence-electron chi connectivity index (χ1n) is 5.76. The summed E-state index contributed by atoms with van der Waals surface area (Å²) in [6, 6.07) is 2.50. The zero-order valence-corrected chi connectivity index (χ0v) is 12.2. The Morgan fingerprint density at radius 1 is 1.33 bits per heavy atom. The third-order valence-corrected chi connectivity index (χ3v) is 3.99. The summed E-state index contributed by atoms with van der Waals surface area (Å²) in [5.74, 6) is 0. The molecule has 102 valence electrons. The van der Waals surface area contributed by atoms with Crippen molar-refractivity contribution in [2.45, 2.75) is 46.2 Å². The highest BCUT2D eigenvalue weighted by Crippen LogP contribution is 2.45. The van der Waals surface area contributed by atoms with E-state index >= 15 is 0 Å². The van der Waals surface area contributed by atoms with Crippen LogP contribution in [0.5, 0.6) is 0 Å². The molecule has 0 spiro atoms. The van der Waals surface area contributed by atoms with Crippen LogP contribution in [0.25, 0.3) is 10.4 Å². The van der Waals surface area contributed by atoms with Gasteiger partial charge in [-0.15, -0.1) is 0 Å². The topological polar surface area (TPSA) is 94.2 Å². The lowest BCUT2D eigenvalue weighted by Gasteiger charge is -2.35. The van der Waals surface area contributed by atoms with Gasteiger partial charge in [0, 0.05) is 17.0 Å². The second kappa shape index (κ2) is 10.1. The summed E-state index contributed by atoms with van der Waals surface area (Å²) in [4.78, 5) is 2.64. The van der Waals surface area contributed by atoms with Crippen LogP contribution in [-0.4, -0.2) is 30.1 Å². The smallest absolute Gasteiger partial charge is 0.259 e. The van der Waals surface area contributed by atoms with E-state index in [1.807, 2.05) is 33.8 Å². The maximum Gasteiger partial charge on any atom is 0.259 e. The lowest BCUT2D eigenvalue weighted by atomic mass is 10.3. The van der Waals surface area contributed by atoms with Crippen LogP contribution >= 0.6 is 8.53 Å². The fraction of sp³-hybridized carbons (Fsp3) is 0.900. The van der Waals surface area contributed by atoms with Gasteiger partial charge in [0.1, 0.15) is 6.73 Å². The Bertz CT molecular complexity index is 304. The van der Waals surface area contributed by atoms with Crippen LogP contribution in [0.1, 0.15) is 34.1 Å². The van der Waals surface area contributed by atoms with E-state index in [1.165, 1.54) is 0 Å². The van der Waals surface area contributed by atoms with Crippen LogP contribution in [0.15, 0.2) is 5.11 Å². The number of hydrogen-bond donors (Lipinski definition) is 0. The normalized spacial score (nSPS) is 12.6. The van der Waals surface area contributed by atoms with E-state index in [4.69, 9.17) is 19.8 Å². The molecule has 0 aliphatic rings. The van der Waals surface area contributed by atoms with E-state index in [2.05, 4.69) is 14.7 Å². The molecule has 0 rings (SSSR count). The van der Waals surface area contributed by atoms with Crippen LogP contribution in [0.3, 0.4) is 0 Å². The van der Waals surface area contributed by atoms with Gasteiger partial charge >= 0.3 is 0 Å². The summed E-state index contributed by atoms with van der Waals surface area (Å²) in [5.41, 5.74) is 8.24. The van der Waals surface area contributed by atoms with Crippen LogP contribution < -0.4 is 0 Å². The number of hydrogen-bond acceptors (Lipinski definition) is 5. The Hall–Kier alpha value is -0.890. The fourth-order valence-corrected chi connectivity index (χ4v) is 2.91. The van der Waals surface area contributed by atoms with Crippen LogP contribution in [-0.2, 0) is 9.05 Å². The Balaban J connectivity index is 4.58. The molecular formula is C10H20N5O2P. The Kier molecular flexibility index (Phi) is 9.57. The van der Waals surface area contributed by atoms with Crippen LogP contribution in [0.2, 0.25) is 0 Å². The first-order valence-corrected chi connectivity index (χ1v) is 6.89. The van der Waals surface area contributed by atoms with Gasteiger partial charge in [-0.2, -0.15) is 5.26 Å². The SMILES string of the molecule is CC(C)N(C(C)C)P(OCCC#N)OCN=[N+]=[N-]. The monoisotopic (exact) mass is 273 g/mol. The summed E-state index contributed by atoms with van der Waals surface area (Å²) in [5, 5.41) is 11.9. The Morgan fingerprint density at radius 2 is 1.94 bits per heavy atom. The van der Waals surface area contributed by atoms with Crippen LogP contribution in [0, 0.1) is 11.3 Å². The molecule has 0 fully saturated rings. The van der Waals surface area contributed by atoms with E-state index in [1.54, 1.807) is 0 Å². The van der Waals surface area contributed by atoms with Crippen molar-refractivity contribution < 1.29 is 9.05 Å². The van der Waals surface area contributed by atoms with Crippen molar-refractivity contribution in [2.24, 2.45) is 5.11 Å². The van der Waals surface area contributed by atoms with Crippen molar-refractivity contribution in [1.82, 2.24) is 4.67 Å². The van der Waals surface area contributed by atoms with Gasteiger partial charge in [0.05, 0.1) is 19.1 Å². The van der Waals surface area contributed by atoms with Crippen molar-refractivity contribution in [1.29, 1.82) is 5.26 Å². The molecular weight excluding hydrogens is 253 g/mol. The van der Waals surface area contributed by atoms with E-state index in [0.29, 0.717) is 13.0 Å². The second-order valence-electron chi connectivity index (χ2n) is 4.04. The van der Waals surface area contributed by atoms with Gasteiger partial charge in [0.25, 0.3) is 8.53 Å². The first-order chi connectivity index (χ1) is 8.54. The summed E-state index contributed by atoms with van der Waals surface area (Å²) in [7, 11) is -1.31. The molecule has 0 aromatic carbocycles. The summed E-state index contributed by atoms with van der Waals surface area (Å²) in [6.07, 6.45) is 0.313. The predicted octanol–water partition coefficient (Wildman–Crippen LogP) is 3.55. The molecule has 0 N–H and O–H groups in total. The summed E-state index contributed by atoms with van der Waals surface area (Å²) in [6.45, 7) is 8.42. The molecule has 0 saturated heterocycles. The molecule has 1 unspecified atom stereocenters. The van der Waals surface area contributed by atoms with Crippen molar-refractivity contribution >= 4 is 8.53 Å². The Labute approximate surface area is 109 Å². The molecule has 0 saturated carbocycles. The van der Waals surface area contributed by atoms with Gasteiger partial charge < -0.3 is 9.05 Å². The van der Waals surface area contributed by atoms with Gasteiger partial charge in [-0.1, -0.05) is 5.11 Å². The van der Waals surface area contributed by atoms with Gasteiger partial charge in [0.15, 0.2) is 0 Å². The molecule has 0 heterocycles. The molecule has 7 nitrogen and oxygen atoms in total. The lowest BCUT2D eigenvalue weighted by molar-refractivity contribution is 0.179.